The summed E-state index contributed by atoms with van der Waals surface area (Å²) >= 11 is 0. The van der Waals surface area contributed by atoms with Gasteiger partial charge in [0.2, 0.25) is 0 Å². The Bertz CT molecular complexity index is 292. The fourth-order valence-corrected chi connectivity index (χ4v) is 1.10. The van der Waals surface area contributed by atoms with Crippen molar-refractivity contribution in [3.63, 3.8) is 0 Å². The standard InChI is InChI=1S/C10H13NO/c1-7(2)9-3-8(6-12)4-10(11)5-9/h3-7H,11H2,1-2H3. The summed E-state index contributed by atoms with van der Waals surface area (Å²) in [6.07, 6.45) is 0.822. The van der Waals surface area contributed by atoms with Gasteiger partial charge in [-0.2, -0.15) is 0 Å². The van der Waals surface area contributed by atoms with Gasteiger partial charge in [-0.3, -0.25) is 4.79 Å². The van der Waals surface area contributed by atoms with Gasteiger partial charge in [0.15, 0.2) is 0 Å². The van der Waals surface area contributed by atoms with Gasteiger partial charge in [0.1, 0.15) is 6.29 Å². The minimum atomic E-state index is 0.409. The van der Waals surface area contributed by atoms with Crippen LogP contribution in [0.5, 0.6) is 0 Å². The van der Waals surface area contributed by atoms with Crippen LogP contribution in [-0.4, -0.2) is 6.29 Å². The van der Waals surface area contributed by atoms with Gasteiger partial charge < -0.3 is 5.73 Å². The van der Waals surface area contributed by atoms with Crippen molar-refractivity contribution in [2.75, 3.05) is 5.73 Å². The van der Waals surface area contributed by atoms with E-state index in [2.05, 4.69) is 13.8 Å². The highest BCUT2D eigenvalue weighted by Gasteiger charge is 2.01. The van der Waals surface area contributed by atoms with E-state index in [0.717, 1.165) is 11.8 Å². The SMILES string of the molecule is CC(C)c1cc(N)cc(C=O)c1. The molecule has 0 spiro atoms. The molecule has 64 valence electrons. The van der Waals surface area contributed by atoms with Crippen LogP contribution in [0.2, 0.25) is 0 Å². The molecule has 2 N–H and O–H groups in total. The third-order valence-corrected chi connectivity index (χ3v) is 1.80. The van der Waals surface area contributed by atoms with Crippen LogP contribution in [0.25, 0.3) is 0 Å². The Balaban J connectivity index is 3.14. The second kappa shape index (κ2) is 3.39. The van der Waals surface area contributed by atoms with Crippen LogP contribution in [0, 0.1) is 0 Å². The minimum absolute atomic E-state index is 0.409. The number of carbonyl (C=O) groups excluding carboxylic acids is 1. The molecule has 0 aliphatic carbocycles. The van der Waals surface area contributed by atoms with Crippen molar-refractivity contribution < 1.29 is 4.79 Å². The molecule has 1 rings (SSSR count). The summed E-state index contributed by atoms with van der Waals surface area (Å²) in [5.74, 6) is 0.409. The number of aldehydes is 1. The summed E-state index contributed by atoms with van der Waals surface area (Å²) < 4.78 is 0. The Morgan fingerprint density at radius 1 is 1.33 bits per heavy atom. The topological polar surface area (TPSA) is 43.1 Å². The lowest BCUT2D eigenvalue weighted by Gasteiger charge is -2.06. The van der Waals surface area contributed by atoms with Crippen LogP contribution >= 0.6 is 0 Å². The zero-order valence-electron chi connectivity index (χ0n) is 7.37. The molecule has 0 aliphatic heterocycles. The van der Waals surface area contributed by atoms with Gasteiger partial charge in [0.05, 0.1) is 0 Å². The average molecular weight is 163 g/mol. The van der Waals surface area contributed by atoms with Gasteiger partial charge in [-0.05, 0) is 29.7 Å². The zero-order chi connectivity index (χ0) is 9.14. The maximum atomic E-state index is 10.5. The first-order chi connectivity index (χ1) is 5.63. The van der Waals surface area contributed by atoms with E-state index in [-0.39, 0.29) is 0 Å². The summed E-state index contributed by atoms with van der Waals surface area (Å²) in [7, 11) is 0. The quantitative estimate of drug-likeness (QED) is 0.536. The Labute approximate surface area is 72.4 Å². The second-order valence-corrected chi connectivity index (χ2v) is 3.21. The Morgan fingerprint density at radius 2 is 2.00 bits per heavy atom. The molecule has 0 amide bonds. The molecule has 1 aromatic carbocycles. The maximum Gasteiger partial charge on any atom is 0.150 e. The third-order valence-electron chi connectivity index (χ3n) is 1.80. The second-order valence-electron chi connectivity index (χ2n) is 3.21. The van der Waals surface area contributed by atoms with E-state index in [4.69, 9.17) is 5.73 Å². The van der Waals surface area contributed by atoms with Crippen LogP contribution in [-0.2, 0) is 0 Å². The first-order valence-electron chi connectivity index (χ1n) is 3.99. The van der Waals surface area contributed by atoms with Crippen molar-refractivity contribution >= 4 is 12.0 Å². The largest absolute Gasteiger partial charge is 0.399 e. The maximum absolute atomic E-state index is 10.5. The smallest absolute Gasteiger partial charge is 0.150 e. The molecule has 0 saturated carbocycles. The van der Waals surface area contributed by atoms with E-state index in [1.54, 1.807) is 6.07 Å². The van der Waals surface area contributed by atoms with Crippen LogP contribution in [0.15, 0.2) is 18.2 Å². The van der Waals surface area contributed by atoms with Gasteiger partial charge in [0, 0.05) is 11.3 Å². The molecule has 1 aromatic rings. The molecular weight excluding hydrogens is 150 g/mol. The Kier molecular flexibility index (Phi) is 2.48. The van der Waals surface area contributed by atoms with Gasteiger partial charge >= 0.3 is 0 Å². The minimum Gasteiger partial charge on any atom is -0.399 e. The fraction of sp³-hybridized carbons (Fsp3) is 0.300. The van der Waals surface area contributed by atoms with E-state index in [0.29, 0.717) is 17.2 Å². The number of anilines is 1. The van der Waals surface area contributed by atoms with Crippen molar-refractivity contribution in [2.45, 2.75) is 19.8 Å². The molecule has 0 atom stereocenters. The van der Waals surface area contributed by atoms with E-state index < -0.39 is 0 Å². The van der Waals surface area contributed by atoms with Crippen LogP contribution in [0.3, 0.4) is 0 Å². The van der Waals surface area contributed by atoms with Crippen molar-refractivity contribution in [2.24, 2.45) is 0 Å². The Morgan fingerprint density at radius 3 is 2.50 bits per heavy atom. The molecule has 0 heterocycles. The zero-order valence-corrected chi connectivity index (χ0v) is 7.37. The molecule has 0 bridgehead atoms. The van der Waals surface area contributed by atoms with E-state index in [1.165, 1.54) is 0 Å². The number of hydrogen-bond acceptors (Lipinski definition) is 2. The van der Waals surface area contributed by atoms with E-state index in [1.807, 2.05) is 12.1 Å². The monoisotopic (exact) mass is 163 g/mol. The van der Waals surface area contributed by atoms with Crippen molar-refractivity contribution in [1.82, 2.24) is 0 Å². The highest BCUT2D eigenvalue weighted by Crippen LogP contribution is 2.18. The van der Waals surface area contributed by atoms with Gasteiger partial charge in [-0.1, -0.05) is 13.8 Å². The van der Waals surface area contributed by atoms with Crippen LogP contribution in [0.1, 0.15) is 35.7 Å². The molecular formula is C10H13NO. The molecule has 12 heavy (non-hydrogen) atoms. The number of hydrogen-bond donors (Lipinski definition) is 1. The lowest BCUT2D eigenvalue weighted by molar-refractivity contribution is 0.112. The van der Waals surface area contributed by atoms with Gasteiger partial charge in [-0.15, -0.1) is 0 Å². The number of nitrogens with two attached hydrogens (primary N) is 1. The average Bonchev–Trinajstić information content (AvgIpc) is 2.03. The highest BCUT2D eigenvalue weighted by molar-refractivity contribution is 5.77. The lowest BCUT2D eigenvalue weighted by atomic mass is 10.0. The Hall–Kier alpha value is -1.31. The summed E-state index contributed by atoms with van der Waals surface area (Å²) in [5, 5.41) is 0. The summed E-state index contributed by atoms with van der Waals surface area (Å²) in [4.78, 5) is 10.5. The summed E-state index contributed by atoms with van der Waals surface area (Å²) in [6.45, 7) is 4.15. The molecule has 0 aromatic heterocycles. The first kappa shape index (κ1) is 8.78. The summed E-state index contributed by atoms with van der Waals surface area (Å²) in [5.41, 5.74) is 8.03. The number of carbonyl (C=O) groups is 1. The molecule has 2 heteroatoms. The van der Waals surface area contributed by atoms with Crippen LogP contribution < -0.4 is 5.73 Å². The normalized spacial score (nSPS) is 10.2. The molecule has 0 fully saturated rings. The third kappa shape index (κ3) is 1.84. The highest BCUT2D eigenvalue weighted by atomic mass is 16.1. The molecule has 0 radical (unpaired) electrons. The van der Waals surface area contributed by atoms with Gasteiger partial charge in [-0.25, -0.2) is 0 Å². The lowest BCUT2D eigenvalue weighted by Crippen LogP contribution is -1.94. The number of nitrogen functional groups attached to an aromatic ring is 1. The number of rotatable bonds is 2. The van der Waals surface area contributed by atoms with Crippen LogP contribution in [0.4, 0.5) is 5.69 Å². The first-order valence-corrected chi connectivity index (χ1v) is 3.99. The molecule has 0 unspecified atom stereocenters. The van der Waals surface area contributed by atoms with E-state index >= 15 is 0 Å². The van der Waals surface area contributed by atoms with Crippen molar-refractivity contribution in [3.8, 4) is 0 Å². The van der Waals surface area contributed by atoms with Gasteiger partial charge in [0.25, 0.3) is 0 Å². The number of benzene rings is 1. The molecule has 2 nitrogen and oxygen atoms in total. The van der Waals surface area contributed by atoms with E-state index in [9.17, 15) is 4.79 Å². The predicted molar refractivity (Wildman–Crippen MR) is 50.3 cm³/mol. The predicted octanol–water partition coefficient (Wildman–Crippen LogP) is 2.20. The molecule has 0 aliphatic rings. The van der Waals surface area contributed by atoms with Crippen molar-refractivity contribution in [1.29, 1.82) is 0 Å². The fourth-order valence-electron chi connectivity index (χ4n) is 1.10. The van der Waals surface area contributed by atoms with Crippen molar-refractivity contribution in [3.05, 3.63) is 29.3 Å². The molecule has 0 saturated heterocycles. The summed E-state index contributed by atoms with van der Waals surface area (Å²) in [6, 6.07) is 5.45.